The maximum atomic E-state index is 6.11. The van der Waals surface area contributed by atoms with Gasteiger partial charge in [0.2, 0.25) is 0 Å². The molecular formula is C16H20N2OS. The average molecular weight is 288 g/mol. The van der Waals surface area contributed by atoms with Gasteiger partial charge in [-0.05, 0) is 31.9 Å². The molecule has 0 saturated heterocycles. The monoisotopic (exact) mass is 288 g/mol. The van der Waals surface area contributed by atoms with Crippen molar-refractivity contribution in [3.8, 4) is 11.5 Å². The van der Waals surface area contributed by atoms with E-state index in [0.29, 0.717) is 0 Å². The molecule has 0 aliphatic rings. The Balaban J connectivity index is 2.29. The second-order valence-electron chi connectivity index (χ2n) is 4.47. The number of hydrogen-bond acceptors (Lipinski definition) is 4. The predicted molar refractivity (Wildman–Crippen MR) is 84.7 cm³/mol. The summed E-state index contributed by atoms with van der Waals surface area (Å²) in [5, 5.41) is 3.31. The van der Waals surface area contributed by atoms with E-state index in [9.17, 15) is 0 Å². The van der Waals surface area contributed by atoms with Gasteiger partial charge in [0, 0.05) is 35.0 Å². The summed E-state index contributed by atoms with van der Waals surface area (Å²) in [5.74, 6) is 1.77. The van der Waals surface area contributed by atoms with Gasteiger partial charge in [-0.25, -0.2) is 0 Å². The first kappa shape index (κ1) is 14.9. The van der Waals surface area contributed by atoms with Crippen molar-refractivity contribution in [2.75, 3.05) is 12.8 Å². The Labute approximate surface area is 124 Å². The van der Waals surface area contributed by atoms with Crippen LogP contribution in [0.3, 0.4) is 0 Å². The summed E-state index contributed by atoms with van der Waals surface area (Å²) in [7, 11) is 0. The zero-order valence-electron chi connectivity index (χ0n) is 12.1. The number of nitrogens with zero attached hydrogens (tertiary/aromatic N) is 1. The largest absolute Gasteiger partial charge is 0.456 e. The van der Waals surface area contributed by atoms with Gasteiger partial charge < -0.3 is 10.1 Å². The molecule has 0 fully saturated rings. The van der Waals surface area contributed by atoms with Crippen molar-refractivity contribution >= 4 is 11.8 Å². The summed E-state index contributed by atoms with van der Waals surface area (Å²) >= 11 is 1.69. The van der Waals surface area contributed by atoms with Gasteiger partial charge in [0.25, 0.3) is 0 Å². The Morgan fingerprint density at radius 2 is 2.05 bits per heavy atom. The quantitative estimate of drug-likeness (QED) is 0.814. The number of thioether (sulfide) groups is 1. The van der Waals surface area contributed by atoms with E-state index in [1.54, 1.807) is 11.8 Å². The topological polar surface area (TPSA) is 34.2 Å². The Bertz CT molecular complexity index is 572. The van der Waals surface area contributed by atoms with Gasteiger partial charge in [0.1, 0.15) is 11.5 Å². The van der Waals surface area contributed by atoms with Crippen LogP contribution in [0.2, 0.25) is 0 Å². The van der Waals surface area contributed by atoms with Crippen LogP contribution in [0.1, 0.15) is 18.2 Å². The molecule has 1 heterocycles. The minimum atomic E-state index is 0.764. The lowest BCUT2D eigenvalue weighted by Gasteiger charge is -2.14. The van der Waals surface area contributed by atoms with Crippen LogP contribution in [0.25, 0.3) is 0 Å². The van der Waals surface area contributed by atoms with Crippen molar-refractivity contribution in [1.82, 2.24) is 10.3 Å². The summed E-state index contributed by atoms with van der Waals surface area (Å²) in [6, 6.07) is 10.1. The van der Waals surface area contributed by atoms with Crippen LogP contribution in [0.5, 0.6) is 11.5 Å². The molecule has 1 aromatic heterocycles. The number of ether oxygens (including phenoxy) is 1. The van der Waals surface area contributed by atoms with Crippen LogP contribution in [-0.4, -0.2) is 17.8 Å². The molecular weight excluding hydrogens is 268 g/mol. The van der Waals surface area contributed by atoms with E-state index in [-0.39, 0.29) is 0 Å². The van der Waals surface area contributed by atoms with Crippen molar-refractivity contribution in [3.63, 3.8) is 0 Å². The minimum absolute atomic E-state index is 0.764. The lowest BCUT2D eigenvalue weighted by Crippen LogP contribution is -2.12. The van der Waals surface area contributed by atoms with Crippen LogP contribution < -0.4 is 10.1 Å². The second kappa shape index (κ2) is 7.31. The first-order valence-electron chi connectivity index (χ1n) is 6.71. The smallest absolute Gasteiger partial charge is 0.140 e. The zero-order valence-corrected chi connectivity index (χ0v) is 13.0. The Morgan fingerprint density at radius 1 is 1.25 bits per heavy atom. The van der Waals surface area contributed by atoms with E-state index in [2.05, 4.69) is 29.5 Å². The third kappa shape index (κ3) is 3.74. The van der Waals surface area contributed by atoms with Gasteiger partial charge in [-0.1, -0.05) is 19.1 Å². The van der Waals surface area contributed by atoms with Crippen molar-refractivity contribution < 1.29 is 4.74 Å². The number of rotatable bonds is 6. The van der Waals surface area contributed by atoms with E-state index in [1.807, 2.05) is 37.4 Å². The van der Waals surface area contributed by atoms with E-state index in [0.717, 1.165) is 40.7 Å². The van der Waals surface area contributed by atoms with Gasteiger partial charge in [-0.15, -0.1) is 11.8 Å². The van der Waals surface area contributed by atoms with Crippen molar-refractivity contribution in [3.05, 3.63) is 47.8 Å². The van der Waals surface area contributed by atoms with Crippen LogP contribution in [0.15, 0.2) is 41.4 Å². The summed E-state index contributed by atoms with van der Waals surface area (Å²) in [6.07, 6.45) is 3.94. The van der Waals surface area contributed by atoms with E-state index in [1.165, 1.54) is 0 Å². The normalized spacial score (nSPS) is 10.6. The average Bonchev–Trinajstić information content (AvgIpc) is 2.47. The molecule has 2 aromatic rings. The first-order valence-corrected chi connectivity index (χ1v) is 7.94. The fraction of sp³-hybridized carbons (Fsp3) is 0.312. The molecule has 0 saturated carbocycles. The van der Waals surface area contributed by atoms with Gasteiger partial charge in [0.05, 0.1) is 0 Å². The van der Waals surface area contributed by atoms with E-state index < -0.39 is 0 Å². The van der Waals surface area contributed by atoms with Gasteiger partial charge in [-0.3, -0.25) is 4.98 Å². The molecule has 20 heavy (non-hydrogen) atoms. The Morgan fingerprint density at radius 3 is 2.80 bits per heavy atom. The summed E-state index contributed by atoms with van der Waals surface area (Å²) in [6.45, 7) is 5.75. The third-order valence-corrected chi connectivity index (χ3v) is 3.71. The molecule has 0 unspecified atom stereocenters. The number of benzene rings is 1. The fourth-order valence-electron chi connectivity index (χ4n) is 1.87. The number of para-hydroxylation sites is 1. The molecule has 3 nitrogen and oxygen atoms in total. The van der Waals surface area contributed by atoms with E-state index in [4.69, 9.17) is 4.74 Å². The van der Waals surface area contributed by atoms with Gasteiger partial charge >= 0.3 is 0 Å². The molecule has 0 bridgehead atoms. The molecule has 0 radical (unpaired) electrons. The van der Waals surface area contributed by atoms with E-state index >= 15 is 0 Å². The maximum Gasteiger partial charge on any atom is 0.140 e. The van der Waals surface area contributed by atoms with Gasteiger partial charge in [0.15, 0.2) is 0 Å². The molecule has 0 spiro atoms. The highest BCUT2D eigenvalue weighted by Gasteiger charge is 2.08. The number of aryl methyl sites for hydroxylation is 1. The Hall–Kier alpha value is -1.52. The van der Waals surface area contributed by atoms with Crippen LogP contribution in [0.4, 0.5) is 0 Å². The number of pyridine rings is 1. The van der Waals surface area contributed by atoms with Crippen molar-refractivity contribution in [2.24, 2.45) is 0 Å². The Kier molecular flexibility index (Phi) is 5.44. The van der Waals surface area contributed by atoms with Crippen molar-refractivity contribution in [2.45, 2.75) is 25.3 Å². The third-order valence-electron chi connectivity index (χ3n) is 2.93. The molecule has 1 N–H and O–H groups in total. The van der Waals surface area contributed by atoms with Crippen LogP contribution >= 0.6 is 11.8 Å². The SMILES string of the molecule is CCNCc1cnc(C)cc1Oc1ccccc1SC. The second-order valence-corrected chi connectivity index (χ2v) is 5.31. The lowest BCUT2D eigenvalue weighted by molar-refractivity contribution is 0.461. The number of aromatic nitrogens is 1. The molecule has 0 amide bonds. The van der Waals surface area contributed by atoms with Crippen LogP contribution in [0, 0.1) is 6.92 Å². The first-order chi connectivity index (χ1) is 9.74. The molecule has 106 valence electrons. The number of nitrogens with one attached hydrogen (secondary N) is 1. The summed E-state index contributed by atoms with van der Waals surface area (Å²) in [4.78, 5) is 5.49. The molecule has 4 heteroatoms. The summed E-state index contributed by atoms with van der Waals surface area (Å²) in [5.41, 5.74) is 2.04. The molecule has 1 aromatic carbocycles. The lowest BCUT2D eigenvalue weighted by atomic mass is 10.2. The molecule has 0 aliphatic heterocycles. The number of hydrogen-bond donors (Lipinski definition) is 1. The predicted octanol–water partition coefficient (Wildman–Crippen LogP) is 4.01. The molecule has 0 aliphatic carbocycles. The maximum absolute atomic E-state index is 6.11. The van der Waals surface area contributed by atoms with Crippen LogP contribution in [-0.2, 0) is 6.54 Å². The molecule has 0 atom stereocenters. The standard InChI is InChI=1S/C16H20N2OS/c1-4-17-10-13-11-18-12(2)9-15(13)19-14-7-5-6-8-16(14)20-3/h5-9,11,17H,4,10H2,1-3H3. The molecule has 2 rings (SSSR count). The highest BCUT2D eigenvalue weighted by molar-refractivity contribution is 7.98. The zero-order chi connectivity index (χ0) is 14.4. The minimum Gasteiger partial charge on any atom is -0.456 e. The fourth-order valence-corrected chi connectivity index (χ4v) is 2.40. The highest BCUT2D eigenvalue weighted by Crippen LogP contribution is 2.32. The van der Waals surface area contributed by atoms with Crippen molar-refractivity contribution in [1.29, 1.82) is 0 Å². The highest BCUT2D eigenvalue weighted by atomic mass is 32.2. The summed E-state index contributed by atoms with van der Waals surface area (Å²) < 4.78 is 6.11. The van der Waals surface area contributed by atoms with Gasteiger partial charge in [-0.2, -0.15) is 0 Å².